The van der Waals surface area contributed by atoms with Gasteiger partial charge in [-0.3, -0.25) is 14.5 Å². The van der Waals surface area contributed by atoms with Gasteiger partial charge >= 0.3 is 0 Å². The molecule has 1 aromatic carbocycles. The molecule has 0 saturated carbocycles. The van der Waals surface area contributed by atoms with E-state index in [4.69, 9.17) is 14.2 Å². The van der Waals surface area contributed by atoms with Gasteiger partial charge in [-0.15, -0.1) is 0 Å². The average molecular weight is 509 g/mol. The molecule has 10 nitrogen and oxygen atoms in total. The van der Waals surface area contributed by atoms with Crippen molar-refractivity contribution in [2.75, 3.05) is 78.7 Å². The first kappa shape index (κ1) is 31.8. The fourth-order valence-electron chi connectivity index (χ4n) is 3.34. The minimum Gasteiger partial charge on any atom is -0.378 e. The molecule has 0 spiro atoms. The predicted molar refractivity (Wildman–Crippen MR) is 141 cm³/mol. The van der Waals surface area contributed by atoms with E-state index in [-0.39, 0.29) is 11.9 Å². The summed E-state index contributed by atoms with van der Waals surface area (Å²) in [4.78, 5) is 36.8. The number of benzene rings is 1. The SMILES string of the molecule is CNCCOCCOCCOCCNCCC(=O)Nc1cccc(C=O)c1CN(C)C(C)CCC=O. The highest BCUT2D eigenvalue weighted by Crippen LogP contribution is 2.22. The summed E-state index contributed by atoms with van der Waals surface area (Å²) in [6.45, 7) is 7.86. The van der Waals surface area contributed by atoms with E-state index in [2.05, 4.69) is 20.9 Å². The lowest BCUT2D eigenvalue weighted by Crippen LogP contribution is -2.30. The van der Waals surface area contributed by atoms with Gasteiger partial charge in [0.25, 0.3) is 0 Å². The van der Waals surface area contributed by atoms with E-state index in [1.807, 2.05) is 27.1 Å². The number of rotatable bonds is 23. The second-order valence-corrected chi connectivity index (χ2v) is 8.49. The number of likely N-dealkylation sites (N-methyl/N-ethyl adjacent to an activating group) is 1. The van der Waals surface area contributed by atoms with Gasteiger partial charge in [-0.05, 0) is 33.5 Å². The van der Waals surface area contributed by atoms with Gasteiger partial charge in [0.05, 0.1) is 39.6 Å². The summed E-state index contributed by atoms with van der Waals surface area (Å²) in [5.41, 5.74) is 1.95. The van der Waals surface area contributed by atoms with Crippen molar-refractivity contribution >= 4 is 24.2 Å². The zero-order chi connectivity index (χ0) is 26.4. The highest BCUT2D eigenvalue weighted by molar-refractivity contribution is 5.93. The third-order valence-corrected chi connectivity index (χ3v) is 5.67. The largest absolute Gasteiger partial charge is 0.378 e. The van der Waals surface area contributed by atoms with Crippen molar-refractivity contribution in [3.05, 3.63) is 29.3 Å². The van der Waals surface area contributed by atoms with Crippen molar-refractivity contribution in [2.45, 2.75) is 38.8 Å². The van der Waals surface area contributed by atoms with Crippen LogP contribution >= 0.6 is 0 Å². The fraction of sp³-hybridized carbons (Fsp3) is 0.654. The van der Waals surface area contributed by atoms with Crippen molar-refractivity contribution in [1.29, 1.82) is 0 Å². The Kier molecular flexibility index (Phi) is 18.5. The lowest BCUT2D eigenvalue weighted by Gasteiger charge is -2.26. The van der Waals surface area contributed by atoms with E-state index in [1.54, 1.807) is 12.1 Å². The lowest BCUT2D eigenvalue weighted by atomic mass is 10.0. The van der Waals surface area contributed by atoms with E-state index >= 15 is 0 Å². The van der Waals surface area contributed by atoms with E-state index in [1.165, 1.54) is 0 Å². The molecule has 1 unspecified atom stereocenters. The van der Waals surface area contributed by atoms with Crippen molar-refractivity contribution in [3.63, 3.8) is 0 Å². The van der Waals surface area contributed by atoms with E-state index in [0.29, 0.717) is 83.4 Å². The van der Waals surface area contributed by atoms with Gasteiger partial charge in [-0.1, -0.05) is 12.1 Å². The quantitative estimate of drug-likeness (QED) is 0.149. The van der Waals surface area contributed by atoms with Crippen LogP contribution in [0.4, 0.5) is 5.69 Å². The Hall–Kier alpha value is -2.21. The monoisotopic (exact) mass is 508 g/mol. The van der Waals surface area contributed by atoms with Gasteiger partial charge in [0.2, 0.25) is 5.91 Å². The van der Waals surface area contributed by atoms with Crippen molar-refractivity contribution in [3.8, 4) is 0 Å². The molecular formula is C26H44N4O6. The maximum Gasteiger partial charge on any atom is 0.225 e. The van der Waals surface area contributed by atoms with Crippen LogP contribution in [0.15, 0.2) is 18.2 Å². The Morgan fingerprint density at radius 3 is 2.31 bits per heavy atom. The zero-order valence-corrected chi connectivity index (χ0v) is 22.1. The molecule has 204 valence electrons. The summed E-state index contributed by atoms with van der Waals surface area (Å²) in [6, 6.07) is 5.48. The Labute approximate surface area is 215 Å². The molecule has 1 aromatic rings. The number of hydrogen-bond donors (Lipinski definition) is 3. The van der Waals surface area contributed by atoms with Crippen LogP contribution in [0.2, 0.25) is 0 Å². The molecule has 0 aliphatic rings. The van der Waals surface area contributed by atoms with Gasteiger partial charge in [0.15, 0.2) is 0 Å². The summed E-state index contributed by atoms with van der Waals surface area (Å²) in [5.74, 6) is -0.130. The second kappa shape index (κ2) is 20.9. The minimum atomic E-state index is -0.130. The summed E-state index contributed by atoms with van der Waals surface area (Å²) < 4.78 is 16.3. The molecule has 0 aromatic heterocycles. The number of aldehydes is 2. The molecular weight excluding hydrogens is 464 g/mol. The van der Waals surface area contributed by atoms with Gasteiger partial charge in [0, 0.05) is 61.9 Å². The minimum absolute atomic E-state index is 0.130. The molecule has 0 bridgehead atoms. The van der Waals surface area contributed by atoms with Crippen LogP contribution in [-0.2, 0) is 30.3 Å². The second-order valence-electron chi connectivity index (χ2n) is 8.49. The van der Waals surface area contributed by atoms with Crippen LogP contribution in [-0.4, -0.2) is 103 Å². The highest BCUT2D eigenvalue weighted by atomic mass is 16.5. The maximum absolute atomic E-state index is 12.5. The average Bonchev–Trinajstić information content (AvgIpc) is 2.88. The highest BCUT2D eigenvalue weighted by Gasteiger charge is 2.16. The molecule has 1 atom stereocenters. The number of carbonyl (C=O) groups excluding carboxylic acids is 3. The third-order valence-electron chi connectivity index (χ3n) is 5.67. The molecule has 10 heteroatoms. The first-order valence-electron chi connectivity index (χ1n) is 12.6. The Bertz CT molecular complexity index is 749. The molecule has 1 rings (SSSR count). The first-order chi connectivity index (χ1) is 17.5. The first-order valence-corrected chi connectivity index (χ1v) is 12.6. The van der Waals surface area contributed by atoms with E-state index in [0.717, 1.165) is 31.1 Å². The normalized spacial score (nSPS) is 12.0. The molecule has 0 fully saturated rings. The van der Waals surface area contributed by atoms with Crippen molar-refractivity contribution in [1.82, 2.24) is 15.5 Å². The topological polar surface area (TPSA) is 118 Å². The standard InChI is InChI=1S/C26H44N4O6/c1-22(6-5-13-31)30(3)20-24-23(21-32)7-4-8-25(24)29-26(33)9-10-28-12-15-35-17-19-36-18-16-34-14-11-27-2/h4,7-8,13,21-22,27-28H,5-6,9-12,14-20H2,1-3H3,(H,29,33). The fourth-order valence-corrected chi connectivity index (χ4v) is 3.34. The predicted octanol–water partition coefficient (Wildman–Crippen LogP) is 1.49. The molecule has 0 radical (unpaired) electrons. The van der Waals surface area contributed by atoms with Crippen LogP contribution in [0.25, 0.3) is 0 Å². The molecule has 0 aliphatic carbocycles. The number of hydrogen-bond acceptors (Lipinski definition) is 9. The number of nitrogens with one attached hydrogen (secondary N) is 3. The number of carbonyl (C=O) groups is 3. The smallest absolute Gasteiger partial charge is 0.225 e. The van der Waals surface area contributed by atoms with Crippen LogP contribution in [0.1, 0.15) is 42.1 Å². The summed E-state index contributed by atoms with van der Waals surface area (Å²) in [7, 11) is 3.83. The Morgan fingerprint density at radius 1 is 1.00 bits per heavy atom. The van der Waals surface area contributed by atoms with Crippen molar-refractivity contribution < 1.29 is 28.6 Å². The summed E-state index contributed by atoms with van der Waals surface area (Å²) in [5, 5.41) is 9.14. The van der Waals surface area contributed by atoms with Crippen LogP contribution < -0.4 is 16.0 Å². The maximum atomic E-state index is 12.5. The van der Waals surface area contributed by atoms with Gasteiger partial charge in [0.1, 0.15) is 12.6 Å². The Balaban J connectivity index is 2.27. The summed E-state index contributed by atoms with van der Waals surface area (Å²) >= 11 is 0. The number of ether oxygens (including phenoxy) is 3. The Morgan fingerprint density at radius 2 is 1.67 bits per heavy atom. The van der Waals surface area contributed by atoms with Crippen LogP contribution in [0.5, 0.6) is 0 Å². The van der Waals surface area contributed by atoms with Crippen LogP contribution in [0, 0.1) is 0 Å². The van der Waals surface area contributed by atoms with E-state index in [9.17, 15) is 14.4 Å². The molecule has 1 amide bonds. The zero-order valence-electron chi connectivity index (χ0n) is 22.1. The number of nitrogens with zero attached hydrogens (tertiary/aromatic N) is 1. The third kappa shape index (κ3) is 14.4. The molecule has 3 N–H and O–H groups in total. The molecule has 36 heavy (non-hydrogen) atoms. The number of anilines is 1. The van der Waals surface area contributed by atoms with Crippen molar-refractivity contribution in [2.24, 2.45) is 0 Å². The molecule has 0 saturated heterocycles. The number of amides is 1. The van der Waals surface area contributed by atoms with Gasteiger partial charge in [-0.2, -0.15) is 0 Å². The van der Waals surface area contributed by atoms with Crippen LogP contribution in [0.3, 0.4) is 0 Å². The summed E-state index contributed by atoms with van der Waals surface area (Å²) in [6.07, 6.45) is 3.24. The van der Waals surface area contributed by atoms with Gasteiger partial charge < -0.3 is 35.0 Å². The van der Waals surface area contributed by atoms with Gasteiger partial charge in [-0.25, -0.2) is 0 Å². The molecule has 0 aliphatic heterocycles. The molecule has 0 heterocycles. The lowest BCUT2D eigenvalue weighted by molar-refractivity contribution is -0.116. The van der Waals surface area contributed by atoms with E-state index < -0.39 is 0 Å².